The Hall–Kier alpha value is -0.370. The first-order valence-electron chi connectivity index (χ1n) is 9.52. The number of hydrogen-bond acceptors (Lipinski definition) is 2. The van der Waals surface area contributed by atoms with E-state index in [1.807, 2.05) is 0 Å². The zero-order valence-electron chi connectivity index (χ0n) is 14.5. The number of hydrogen-bond donors (Lipinski definition) is 1. The molecule has 0 spiro atoms. The number of Topliss-reactive ketones (excluding diaryl/α,β-unsaturated/α-hetero) is 1. The predicted octanol–water partition coefficient (Wildman–Crippen LogP) is 4.35. The van der Waals surface area contributed by atoms with Crippen molar-refractivity contribution in [2.24, 2.45) is 34.5 Å². The Labute approximate surface area is 135 Å². The second kappa shape index (κ2) is 4.59. The minimum atomic E-state index is -0.483. The van der Waals surface area contributed by atoms with Gasteiger partial charge in [-0.05, 0) is 86.4 Å². The van der Waals surface area contributed by atoms with Gasteiger partial charge in [-0.3, -0.25) is 4.79 Å². The fraction of sp³-hybridized carbons (Fsp3) is 0.950. The van der Waals surface area contributed by atoms with Crippen LogP contribution in [0.15, 0.2) is 0 Å². The van der Waals surface area contributed by atoms with Crippen molar-refractivity contribution in [1.82, 2.24) is 0 Å². The number of ketones is 1. The van der Waals surface area contributed by atoms with E-state index in [0.29, 0.717) is 11.7 Å². The highest BCUT2D eigenvalue weighted by atomic mass is 16.3. The maximum absolute atomic E-state index is 12.2. The maximum Gasteiger partial charge on any atom is 0.133 e. The zero-order chi connectivity index (χ0) is 15.8. The van der Waals surface area contributed by atoms with Crippen molar-refractivity contribution >= 4 is 5.78 Å². The molecule has 7 atom stereocenters. The molecule has 0 unspecified atom stereocenters. The van der Waals surface area contributed by atoms with E-state index in [2.05, 4.69) is 20.8 Å². The molecule has 0 saturated heterocycles. The topological polar surface area (TPSA) is 37.3 Å². The lowest BCUT2D eigenvalue weighted by atomic mass is 9.44. The minimum absolute atomic E-state index is 0.107. The first-order chi connectivity index (χ1) is 10.3. The van der Waals surface area contributed by atoms with E-state index >= 15 is 0 Å². The summed E-state index contributed by atoms with van der Waals surface area (Å²) >= 11 is 0. The Morgan fingerprint density at radius 1 is 0.955 bits per heavy atom. The number of carbonyl (C=O) groups is 1. The predicted molar refractivity (Wildman–Crippen MR) is 87.4 cm³/mol. The molecule has 124 valence electrons. The quantitative estimate of drug-likeness (QED) is 0.722. The van der Waals surface area contributed by atoms with Crippen LogP contribution in [-0.2, 0) is 4.79 Å². The van der Waals surface area contributed by atoms with Crippen LogP contribution in [0.5, 0.6) is 0 Å². The lowest BCUT2D eigenvalue weighted by Crippen LogP contribution is -2.56. The van der Waals surface area contributed by atoms with Crippen LogP contribution in [0.1, 0.15) is 78.6 Å². The van der Waals surface area contributed by atoms with Crippen LogP contribution in [0.3, 0.4) is 0 Å². The lowest BCUT2D eigenvalue weighted by Gasteiger charge is -2.60. The molecule has 4 rings (SSSR count). The molecule has 0 bridgehead atoms. The summed E-state index contributed by atoms with van der Waals surface area (Å²) in [6, 6.07) is 0. The minimum Gasteiger partial charge on any atom is -0.390 e. The van der Waals surface area contributed by atoms with Gasteiger partial charge in [-0.15, -0.1) is 0 Å². The summed E-state index contributed by atoms with van der Waals surface area (Å²) in [5, 5.41) is 10.9. The number of rotatable bonds is 0. The molecule has 1 N–H and O–H groups in total. The average molecular weight is 304 g/mol. The van der Waals surface area contributed by atoms with E-state index in [0.717, 1.165) is 49.9 Å². The van der Waals surface area contributed by atoms with E-state index in [4.69, 9.17) is 0 Å². The fourth-order valence-electron chi connectivity index (χ4n) is 7.38. The van der Waals surface area contributed by atoms with E-state index in [1.54, 1.807) is 0 Å². The molecule has 0 heterocycles. The second-order valence-electron chi connectivity index (χ2n) is 9.68. The van der Waals surface area contributed by atoms with Gasteiger partial charge in [-0.1, -0.05) is 13.8 Å². The summed E-state index contributed by atoms with van der Waals surface area (Å²) in [5.41, 5.74) is -0.118. The Bertz CT molecular complexity index is 496. The first-order valence-corrected chi connectivity index (χ1v) is 9.52. The molecular formula is C20H32O2. The van der Waals surface area contributed by atoms with Gasteiger partial charge in [0, 0.05) is 12.8 Å². The van der Waals surface area contributed by atoms with Crippen LogP contribution >= 0.6 is 0 Å². The average Bonchev–Trinajstić information content (AvgIpc) is 2.68. The third-order valence-electron chi connectivity index (χ3n) is 8.98. The maximum atomic E-state index is 12.2. The normalized spacial score (nSPS) is 57.9. The van der Waals surface area contributed by atoms with Crippen molar-refractivity contribution in [2.45, 2.75) is 84.2 Å². The highest BCUT2D eigenvalue weighted by molar-refractivity contribution is 5.80. The van der Waals surface area contributed by atoms with Gasteiger partial charge in [0.05, 0.1) is 5.60 Å². The smallest absolute Gasteiger partial charge is 0.133 e. The van der Waals surface area contributed by atoms with Crippen LogP contribution in [-0.4, -0.2) is 16.5 Å². The third-order valence-corrected chi connectivity index (χ3v) is 8.98. The molecule has 0 aromatic rings. The van der Waals surface area contributed by atoms with Crippen molar-refractivity contribution in [3.8, 4) is 0 Å². The number of aliphatic hydroxyl groups is 1. The molecule has 0 aromatic heterocycles. The molecule has 2 heteroatoms. The third kappa shape index (κ3) is 1.79. The van der Waals surface area contributed by atoms with Gasteiger partial charge < -0.3 is 5.11 Å². The van der Waals surface area contributed by atoms with Crippen LogP contribution in [0.4, 0.5) is 0 Å². The van der Waals surface area contributed by atoms with Crippen molar-refractivity contribution in [3.05, 3.63) is 0 Å². The number of fused-ring (bicyclic) bond motifs is 5. The van der Waals surface area contributed by atoms with Crippen LogP contribution in [0, 0.1) is 34.5 Å². The molecular weight excluding hydrogens is 272 g/mol. The Morgan fingerprint density at radius 2 is 1.68 bits per heavy atom. The summed E-state index contributed by atoms with van der Waals surface area (Å²) in [6.45, 7) is 6.85. The number of carbonyl (C=O) groups excluding carboxylic acids is 1. The van der Waals surface area contributed by atoms with Crippen LogP contribution in [0.2, 0.25) is 0 Å². The molecule has 4 aliphatic carbocycles. The Morgan fingerprint density at radius 3 is 2.45 bits per heavy atom. The van der Waals surface area contributed by atoms with Gasteiger partial charge in [-0.25, -0.2) is 0 Å². The van der Waals surface area contributed by atoms with Crippen molar-refractivity contribution in [1.29, 1.82) is 0 Å². The molecule has 4 saturated carbocycles. The van der Waals surface area contributed by atoms with Crippen LogP contribution < -0.4 is 0 Å². The first kappa shape index (κ1) is 15.2. The molecule has 4 fully saturated rings. The Balaban J connectivity index is 1.67. The van der Waals surface area contributed by atoms with E-state index in [-0.39, 0.29) is 10.8 Å². The van der Waals surface area contributed by atoms with E-state index < -0.39 is 5.60 Å². The summed E-state index contributed by atoms with van der Waals surface area (Å²) in [7, 11) is 0. The monoisotopic (exact) mass is 304 g/mol. The lowest BCUT2D eigenvalue weighted by molar-refractivity contribution is -0.154. The molecule has 22 heavy (non-hydrogen) atoms. The highest BCUT2D eigenvalue weighted by Crippen LogP contribution is 2.67. The molecule has 4 aliphatic rings. The van der Waals surface area contributed by atoms with Gasteiger partial charge in [0.25, 0.3) is 0 Å². The fourth-order valence-corrected chi connectivity index (χ4v) is 7.38. The zero-order valence-corrected chi connectivity index (χ0v) is 14.5. The summed E-state index contributed by atoms with van der Waals surface area (Å²) in [5.74, 6) is 3.43. The van der Waals surface area contributed by atoms with Gasteiger partial charge in [-0.2, -0.15) is 0 Å². The summed E-state index contributed by atoms with van der Waals surface area (Å²) in [6.07, 6.45) is 10.0. The van der Waals surface area contributed by atoms with Crippen LogP contribution in [0.25, 0.3) is 0 Å². The molecule has 0 aliphatic heterocycles. The molecule has 0 amide bonds. The Kier molecular flexibility index (Phi) is 3.16. The van der Waals surface area contributed by atoms with Gasteiger partial charge in [0.2, 0.25) is 0 Å². The van der Waals surface area contributed by atoms with Gasteiger partial charge in [0.15, 0.2) is 0 Å². The largest absolute Gasteiger partial charge is 0.390 e. The van der Waals surface area contributed by atoms with Gasteiger partial charge in [0.1, 0.15) is 5.78 Å². The van der Waals surface area contributed by atoms with Crippen molar-refractivity contribution in [2.75, 3.05) is 0 Å². The van der Waals surface area contributed by atoms with Crippen molar-refractivity contribution < 1.29 is 9.90 Å². The summed E-state index contributed by atoms with van der Waals surface area (Å²) in [4.78, 5) is 12.2. The van der Waals surface area contributed by atoms with E-state index in [1.165, 1.54) is 25.7 Å². The van der Waals surface area contributed by atoms with E-state index in [9.17, 15) is 9.90 Å². The standard InChI is InChI=1S/C20H32O2/c1-18-12-14(21)6-4-13(18)5-7-15-16(18)8-10-19(2)17(15)9-11-20(19,3)22/h13,15-17,22H,4-12H2,1-3H3/t13-,15-,16+,17+,18+,19+,20+/m1/s1. The van der Waals surface area contributed by atoms with Crippen molar-refractivity contribution in [3.63, 3.8) is 0 Å². The molecule has 0 radical (unpaired) electrons. The summed E-state index contributed by atoms with van der Waals surface area (Å²) < 4.78 is 0. The van der Waals surface area contributed by atoms with Gasteiger partial charge >= 0.3 is 0 Å². The second-order valence-corrected chi connectivity index (χ2v) is 9.68. The molecule has 2 nitrogen and oxygen atoms in total. The molecule has 0 aromatic carbocycles. The SMILES string of the molecule is C[C@]12CC(=O)CC[C@@H]1CC[C@@H]1[C@@H]2CC[C@@]2(C)[C@H]1CC[C@]2(C)O. The highest BCUT2D eigenvalue weighted by Gasteiger charge is 2.63.